The molecule has 0 N–H and O–H groups in total. The Balaban J connectivity index is 0.00000261. The maximum absolute atomic E-state index is 3.76. The summed E-state index contributed by atoms with van der Waals surface area (Å²) in [5.74, 6) is 0.702. The molecule has 1 saturated carbocycles. The molecule has 4 heteroatoms. The minimum Gasteiger partial charge on any atom is -0.147 e. The van der Waals surface area contributed by atoms with Gasteiger partial charge in [0.1, 0.15) is 0 Å². The van der Waals surface area contributed by atoms with Gasteiger partial charge in [0.2, 0.25) is 0 Å². The molecule has 3 aliphatic carbocycles. The third kappa shape index (κ3) is 7.26. The number of halogens is 2. The number of fused-ring (bicyclic) bond motifs is 2. The van der Waals surface area contributed by atoms with Gasteiger partial charge in [-0.2, -0.15) is 0 Å². The molecular formula is C48H62Cl2SiZr. The van der Waals surface area contributed by atoms with Crippen molar-refractivity contribution >= 4 is 43.8 Å². The second-order valence-electron chi connectivity index (χ2n) is 19.4. The Kier molecular flexibility index (Phi) is 11.6. The van der Waals surface area contributed by atoms with Gasteiger partial charge < -0.3 is 0 Å². The van der Waals surface area contributed by atoms with Crippen molar-refractivity contribution in [3.63, 3.8) is 0 Å². The van der Waals surface area contributed by atoms with Crippen molar-refractivity contribution in [2.45, 2.75) is 115 Å². The summed E-state index contributed by atoms with van der Waals surface area (Å²) in [4.78, 5) is 0. The van der Waals surface area contributed by atoms with Crippen molar-refractivity contribution < 1.29 is 17.4 Å². The van der Waals surface area contributed by atoms with E-state index in [9.17, 15) is 0 Å². The first-order valence-corrected chi connectivity index (χ1v) is 33.1. The molecule has 0 bridgehead atoms. The molecule has 4 aromatic carbocycles. The Morgan fingerprint density at radius 2 is 1.12 bits per heavy atom. The second-order valence-corrected chi connectivity index (χ2v) is 49.9. The van der Waals surface area contributed by atoms with E-state index in [1.807, 2.05) is 0 Å². The van der Waals surface area contributed by atoms with E-state index in [0.717, 1.165) is 0 Å². The summed E-state index contributed by atoms with van der Waals surface area (Å²) in [6.45, 7) is 21.2. The summed E-state index contributed by atoms with van der Waals surface area (Å²) in [7, 11) is 0. The molecule has 3 aliphatic rings. The minimum atomic E-state index is -3.76. The number of benzene rings is 4. The van der Waals surface area contributed by atoms with E-state index in [2.05, 4.69) is 163 Å². The van der Waals surface area contributed by atoms with Crippen molar-refractivity contribution in [3.05, 3.63) is 129 Å². The summed E-state index contributed by atoms with van der Waals surface area (Å²) < 4.78 is 6.75. The van der Waals surface area contributed by atoms with E-state index in [-0.39, 0.29) is 35.6 Å². The molecule has 0 aromatic heterocycles. The number of rotatable bonds is 5. The van der Waals surface area contributed by atoms with Crippen LogP contribution >= 0.6 is 24.8 Å². The molecule has 0 heterocycles. The topological polar surface area (TPSA) is 0 Å². The van der Waals surface area contributed by atoms with E-state index < -0.39 is 17.4 Å². The van der Waals surface area contributed by atoms with Crippen LogP contribution in [0.4, 0.5) is 0 Å². The molecule has 276 valence electrons. The number of hydrogen-bond donors (Lipinski definition) is 0. The molecule has 0 aliphatic heterocycles. The zero-order chi connectivity index (χ0) is 35.8. The summed E-state index contributed by atoms with van der Waals surface area (Å²) in [5, 5.41) is 0. The van der Waals surface area contributed by atoms with E-state index >= 15 is 0 Å². The zero-order valence-corrected chi connectivity index (χ0v) is 39.0. The van der Waals surface area contributed by atoms with E-state index in [0.29, 0.717) is 13.2 Å². The van der Waals surface area contributed by atoms with Crippen LogP contribution in [0.1, 0.15) is 127 Å². The maximum Gasteiger partial charge on any atom is -0.147 e. The van der Waals surface area contributed by atoms with Gasteiger partial charge in [0.05, 0.1) is 0 Å². The van der Waals surface area contributed by atoms with Crippen LogP contribution in [0.3, 0.4) is 0 Å². The van der Waals surface area contributed by atoms with Gasteiger partial charge >= 0.3 is 308 Å². The largest absolute Gasteiger partial charge is 0.147 e. The van der Waals surface area contributed by atoms with Gasteiger partial charge in [-0.3, -0.25) is 0 Å². The average Bonchev–Trinajstić information content (AvgIpc) is 3.65. The standard InChI is InChI=1S/C25H29.C21H23.2CH3.2ClH.H2Si.Zr/c1-25(2,3)22-14-12-19(13-15-22)23-11-7-10-20-16-21(17-24(20)23)18-8-5-4-6-9-18;1-14-12-19-15(2)6-11-18(20(19)13-14)16-7-9-17(10-8-16)21(3,4)5;;;;;;/h7,10-18H,4-6,8-9H2,1-3H3;6-13H,1-5H3;2*1H3;2*1H;1H2;. The fourth-order valence-electron chi connectivity index (χ4n) is 10.3. The monoisotopic (exact) mass is 826 g/mol. The molecule has 2 atom stereocenters. The fourth-order valence-corrected chi connectivity index (χ4v) is 30.7. The Morgan fingerprint density at radius 3 is 1.63 bits per heavy atom. The van der Waals surface area contributed by atoms with Crippen molar-refractivity contribution in [2.24, 2.45) is 5.92 Å². The van der Waals surface area contributed by atoms with Crippen LogP contribution in [0, 0.1) is 12.8 Å². The molecule has 0 saturated heterocycles. The van der Waals surface area contributed by atoms with Gasteiger partial charge in [0, 0.05) is 0 Å². The van der Waals surface area contributed by atoms with Gasteiger partial charge in [0.15, 0.2) is 0 Å². The van der Waals surface area contributed by atoms with E-state index in [1.165, 1.54) is 82.2 Å². The van der Waals surface area contributed by atoms with Crippen LogP contribution in [-0.2, 0) is 28.2 Å². The molecule has 4 aromatic rings. The van der Waals surface area contributed by atoms with Gasteiger partial charge in [-0.15, -0.1) is 24.8 Å². The average molecular weight is 829 g/mol. The molecule has 1 fully saturated rings. The van der Waals surface area contributed by atoms with Crippen molar-refractivity contribution in [1.82, 2.24) is 0 Å². The SMILES string of the molecule is CC1=Cc2c(-c3ccc(C(C)(C)C)cc3)ccc(C)c2[CH]1[Zr]([CH3])([CH3])(=[SiH2])[CH]1C(C2CCCCC2)=Cc2c(-c3ccc(C(C)(C)C)cc3)cccc21.Cl.Cl. The molecule has 0 amide bonds. The van der Waals surface area contributed by atoms with Crippen molar-refractivity contribution in [1.29, 1.82) is 0 Å². The Bertz CT molecular complexity index is 2090. The summed E-state index contributed by atoms with van der Waals surface area (Å²) in [6.07, 6.45) is 12.2. The number of aryl methyl sites for hydroxylation is 1. The van der Waals surface area contributed by atoms with Crippen LogP contribution in [0.5, 0.6) is 0 Å². The van der Waals surface area contributed by atoms with Crippen molar-refractivity contribution in [3.8, 4) is 22.3 Å². The first-order valence-electron chi connectivity index (χ1n) is 19.4. The van der Waals surface area contributed by atoms with Gasteiger partial charge in [-0.1, -0.05) is 0 Å². The second kappa shape index (κ2) is 14.6. The summed E-state index contributed by atoms with van der Waals surface area (Å²) >= 11 is -3.76. The molecule has 7 rings (SSSR count). The molecule has 0 nitrogen and oxygen atoms in total. The van der Waals surface area contributed by atoms with Crippen LogP contribution < -0.4 is 0 Å². The smallest absolute Gasteiger partial charge is 0.147 e. The number of allylic oxidation sites excluding steroid dienone is 2. The first-order chi connectivity index (χ1) is 23.4. The fraction of sp³-hybridized carbons (Fsp3) is 0.417. The molecule has 0 radical (unpaired) electrons. The normalized spacial score (nSPS) is 19.2. The van der Waals surface area contributed by atoms with Gasteiger partial charge in [-0.05, 0) is 0 Å². The van der Waals surface area contributed by atoms with E-state index in [1.54, 1.807) is 22.3 Å². The molecule has 52 heavy (non-hydrogen) atoms. The number of hydrogen-bond acceptors (Lipinski definition) is 0. The molecule has 2 unspecified atom stereocenters. The van der Waals surface area contributed by atoms with Crippen LogP contribution in [0.2, 0.25) is 9.26 Å². The van der Waals surface area contributed by atoms with Crippen LogP contribution in [0.15, 0.2) is 90.0 Å². The Labute approximate surface area is 330 Å². The third-order valence-electron chi connectivity index (χ3n) is 12.8. The van der Waals surface area contributed by atoms with Crippen LogP contribution in [0.25, 0.3) is 34.4 Å². The van der Waals surface area contributed by atoms with Gasteiger partial charge in [0.25, 0.3) is 0 Å². The predicted molar refractivity (Wildman–Crippen MR) is 234 cm³/mol. The minimum absolute atomic E-state index is 0. The Morgan fingerprint density at radius 1 is 0.596 bits per heavy atom. The molecule has 0 spiro atoms. The van der Waals surface area contributed by atoms with Gasteiger partial charge in [-0.25, -0.2) is 0 Å². The Hall–Kier alpha value is -1.96. The predicted octanol–water partition coefficient (Wildman–Crippen LogP) is 14.3. The zero-order valence-electron chi connectivity index (χ0n) is 33.5. The molecular weight excluding hydrogens is 767 g/mol. The maximum atomic E-state index is 2.84. The quantitative estimate of drug-likeness (QED) is 0.176. The summed E-state index contributed by atoms with van der Waals surface area (Å²) in [6, 6.07) is 31.0. The van der Waals surface area contributed by atoms with Crippen molar-refractivity contribution in [2.75, 3.05) is 0 Å². The summed E-state index contributed by atoms with van der Waals surface area (Å²) in [5.41, 5.74) is 19.7. The first kappa shape index (κ1) is 41.2. The van der Waals surface area contributed by atoms with E-state index in [4.69, 9.17) is 0 Å². The van der Waals surface area contributed by atoms with Crippen LogP contribution in [-0.4, -0.2) is 6.88 Å². The third-order valence-corrected chi connectivity index (χ3v) is 30.4.